The molecule has 0 saturated carbocycles. The van der Waals surface area contributed by atoms with E-state index in [0.29, 0.717) is 30.6 Å². The number of fused-ring (bicyclic) bond motifs is 1. The Hall–Kier alpha value is -3.32. The molecule has 0 aliphatic carbocycles. The number of halogens is 1. The summed E-state index contributed by atoms with van der Waals surface area (Å²) < 4.78 is 14.4. The van der Waals surface area contributed by atoms with Crippen molar-refractivity contribution in [2.24, 2.45) is 0 Å². The molecule has 0 atom stereocenters. The molecule has 0 spiro atoms. The van der Waals surface area contributed by atoms with Gasteiger partial charge in [0.05, 0.1) is 16.6 Å². The molecule has 0 radical (unpaired) electrons. The summed E-state index contributed by atoms with van der Waals surface area (Å²) in [4.78, 5) is 26.5. The van der Waals surface area contributed by atoms with E-state index in [4.69, 9.17) is 0 Å². The van der Waals surface area contributed by atoms with Crippen LogP contribution in [0.3, 0.4) is 0 Å². The van der Waals surface area contributed by atoms with Crippen molar-refractivity contribution in [3.05, 3.63) is 87.6 Å². The van der Waals surface area contributed by atoms with Crippen LogP contribution in [0.4, 0.5) is 4.39 Å². The maximum absolute atomic E-state index is 14.4. The van der Waals surface area contributed by atoms with Gasteiger partial charge in [-0.3, -0.25) is 9.59 Å². The van der Waals surface area contributed by atoms with E-state index in [0.717, 1.165) is 29.5 Å². The Morgan fingerprint density at radius 3 is 2.74 bits per heavy atom. The van der Waals surface area contributed by atoms with Crippen LogP contribution in [0.5, 0.6) is 0 Å². The van der Waals surface area contributed by atoms with Crippen LogP contribution in [-0.4, -0.2) is 46.7 Å². The summed E-state index contributed by atoms with van der Waals surface area (Å²) in [5, 5.41) is 11.3. The molecule has 0 bridgehead atoms. The summed E-state index contributed by atoms with van der Waals surface area (Å²) in [6.07, 6.45) is 1.29. The number of likely N-dealkylation sites (tertiary alicyclic amines) is 1. The number of carbonyl (C=O) groups is 1. The highest BCUT2D eigenvalue weighted by molar-refractivity contribution is 5.95. The molecule has 160 valence electrons. The Balaban J connectivity index is 1.49. The van der Waals surface area contributed by atoms with E-state index in [1.807, 2.05) is 12.1 Å². The van der Waals surface area contributed by atoms with Crippen LogP contribution in [0.2, 0.25) is 0 Å². The predicted octanol–water partition coefficient (Wildman–Crippen LogP) is 3.03. The molecule has 2 heterocycles. The lowest BCUT2D eigenvalue weighted by Crippen LogP contribution is -2.60. The van der Waals surface area contributed by atoms with E-state index in [1.54, 1.807) is 29.2 Å². The van der Waals surface area contributed by atoms with Crippen LogP contribution in [-0.2, 0) is 6.42 Å². The molecule has 0 unspecified atom stereocenters. The summed E-state index contributed by atoms with van der Waals surface area (Å²) in [6, 6.07) is 12.0. The Morgan fingerprint density at radius 2 is 2.00 bits per heavy atom. The third-order valence-electron chi connectivity index (χ3n) is 5.72. The first-order chi connectivity index (χ1) is 15.0. The zero-order valence-electron chi connectivity index (χ0n) is 17.5. The van der Waals surface area contributed by atoms with Gasteiger partial charge >= 0.3 is 0 Å². The smallest absolute Gasteiger partial charge is 0.272 e. The lowest BCUT2D eigenvalue weighted by Gasteiger charge is -2.40. The van der Waals surface area contributed by atoms with Crippen LogP contribution >= 0.6 is 0 Å². The lowest BCUT2D eigenvalue weighted by molar-refractivity contribution is 0.0566. The van der Waals surface area contributed by atoms with Gasteiger partial charge in [-0.05, 0) is 30.2 Å². The summed E-state index contributed by atoms with van der Waals surface area (Å²) in [7, 11) is 0. The number of rotatable bonds is 7. The van der Waals surface area contributed by atoms with Crippen LogP contribution in [0.15, 0.2) is 59.4 Å². The molecule has 1 saturated heterocycles. The molecule has 1 fully saturated rings. The van der Waals surface area contributed by atoms with Crippen molar-refractivity contribution < 1.29 is 9.18 Å². The molecular weight excluding hydrogens is 395 g/mol. The summed E-state index contributed by atoms with van der Waals surface area (Å²) in [6.45, 7) is 7.85. The minimum absolute atomic E-state index is 0.0580. The molecule has 6 nitrogen and oxygen atoms in total. The van der Waals surface area contributed by atoms with Crippen LogP contribution < -0.4 is 10.9 Å². The first-order valence-corrected chi connectivity index (χ1v) is 10.4. The van der Waals surface area contributed by atoms with Gasteiger partial charge in [0.15, 0.2) is 0 Å². The van der Waals surface area contributed by atoms with Gasteiger partial charge in [-0.25, -0.2) is 9.49 Å². The second-order valence-electron chi connectivity index (χ2n) is 7.93. The largest absolute Gasteiger partial charge is 0.335 e. The van der Waals surface area contributed by atoms with Gasteiger partial charge < -0.3 is 10.2 Å². The highest BCUT2D eigenvalue weighted by Crippen LogP contribution is 2.21. The fourth-order valence-corrected chi connectivity index (χ4v) is 3.70. The van der Waals surface area contributed by atoms with Gasteiger partial charge in [0.1, 0.15) is 5.82 Å². The van der Waals surface area contributed by atoms with Gasteiger partial charge in [0.2, 0.25) is 0 Å². The highest BCUT2D eigenvalue weighted by atomic mass is 19.1. The molecule has 2 N–H and O–H groups in total. The number of hydrogen-bond donors (Lipinski definition) is 2. The third kappa shape index (κ3) is 4.41. The predicted molar refractivity (Wildman–Crippen MR) is 119 cm³/mol. The van der Waals surface area contributed by atoms with Crippen molar-refractivity contribution in [2.75, 3.05) is 19.6 Å². The molecule has 3 aromatic rings. The molecule has 1 amide bonds. The minimum atomic E-state index is -0.538. The van der Waals surface area contributed by atoms with Crippen LogP contribution in [0.1, 0.15) is 35.0 Å². The fourth-order valence-electron chi connectivity index (χ4n) is 3.70. The van der Waals surface area contributed by atoms with E-state index in [-0.39, 0.29) is 23.1 Å². The summed E-state index contributed by atoms with van der Waals surface area (Å²) in [5.74, 6) is -0.852. The number of nitrogens with one attached hydrogen (secondary N) is 2. The molecular formula is C24H25FN4O2. The first-order valence-electron chi connectivity index (χ1n) is 10.4. The van der Waals surface area contributed by atoms with Gasteiger partial charge in [0.25, 0.3) is 11.5 Å². The van der Waals surface area contributed by atoms with E-state index in [1.165, 1.54) is 6.07 Å². The molecule has 1 aliphatic heterocycles. The normalized spacial score (nSPS) is 13.9. The van der Waals surface area contributed by atoms with E-state index >= 15 is 0 Å². The van der Waals surface area contributed by atoms with Crippen LogP contribution in [0.25, 0.3) is 10.8 Å². The molecule has 7 heteroatoms. The van der Waals surface area contributed by atoms with Crippen molar-refractivity contribution in [3.8, 4) is 0 Å². The Kier molecular flexibility index (Phi) is 5.95. The number of carbonyl (C=O) groups excluding carboxylic acids is 1. The molecule has 1 aliphatic rings. The second-order valence-corrected chi connectivity index (χ2v) is 7.93. The number of hydrogen-bond acceptors (Lipinski definition) is 4. The zero-order valence-corrected chi connectivity index (χ0v) is 17.5. The van der Waals surface area contributed by atoms with Gasteiger partial charge in [-0.15, -0.1) is 0 Å². The Bertz CT molecular complexity index is 1200. The molecule has 1 aromatic heterocycles. The van der Waals surface area contributed by atoms with Crippen molar-refractivity contribution in [1.82, 2.24) is 20.4 Å². The average molecular weight is 420 g/mol. The number of aromatic nitrogens is 2. The fraction of sp³-hybridized carbons (Fsp3) is 0.292. The third-order valence-corrected chi connectivity index (χ3v) is 5.72. The summed E-state index contributed by atoms with van der Waals surface area (Å²) >= 11 is 0. The zero-order chi connectivity index (χ0) is 22.0. The van der Waals surface area contributed by atoms with Crippen molar-refractivity contribution >= 4 is 16.7 Å². The number of H-pyrrole nitrogens is 1. The Labute approximate surface area is 179 Å². The molecule has 2 aromatic carbocycles. The van der Waals surface area contributed by atoms with Crippen molar-refractivity contribution in [3.63, 3.8) is 0 Å². The standard InChI is InChI=1S/C24H25FN4O2/c1-3-15(2)12-26-17-13-29(14-17)24(31)20-10-16(8-9-21(20)25)11-22-18-6-4-5-7-19(18)23(30)28-27-22/h4-10,17,26H,2-3,11-14H2,1H3,(H,28,30). The van der Waals surface area contributed by atoms with Crippen molar-refractivity contribution in [1.29, 1.82) is 0 Å². The average Bonchev–Trinajstić information content (AvgIpc) is 2.75. The molecule has 4 rings (SSSR count). The lowest BCUT2D eigenvalue weighted by atomic mass is 10.0. The highest BCUT2D eigenvalue weighted by Gasteiger charge is 2.32. The maximum Gasteiger partial charge on any atom is 0.272 e. The summed E-state index contributed by atoms with van der Waals surface area (Å²) in [5.41, 5.74) is 2.35. The van der Waals surface area contributed by atoms with Gasteiger partial charge in [-0.1, -0.05) is 43.3 Å². The first kappa shape index (κ1) is 20.9. The Morgan fingerprint density at radius 1 is 1.26 bits per heavy atom. The van der Waals surface area contributed by atoms with Gasteiger partial charge in [-0.2, -0.15) is 5.10 Å². The second kappa shape index (κ2) is 8.81. The number of aromatic amines is 1. The van der Waals surface area contributed by atoms with E-state index in [9.17, 15) is 14.0 Å². The van der Waals surface area contributed by atoms with E-state index in [2.05, 4.69) is 29.0 Å². The monoisotopic (exact) mass is 420 g/mol. The number of amides is 1. The van der Waals surface area contributed by atoms with Crippen molar-refractivity contribution in [2.45, 2.75) is 25.8 Å². The van der Waals surface area contributed by atoms with Gasteiger partial charge in [0, 0.05) is 37.5 Å². The SMILES string of the molecule is C=C(CC)CNC1CN(C(=O)c2cc(Cc3n[nH]c(=O)c4ccccc34)ccc2F)C1. The number of nitrogens with zero attached hydrogens (tertiary/aromatic N) is 2. The minimum Gasteiger partial charge on any atom is -0.335 e. The quantitative estimate of drug-likeness (QED) is 0.576. The number of benzene rings is 2. The maximum atomic E-state index is 14.4. The van der Waals surface area contributed by atoms with Crippen LogP contribution in [0, 0.1) is 5.82 Å². The topological polar surface area (TPSA) is 78.1 Å². The molecule has 31 heavy (non-hydrogen) atoms. The van der Waals surface area contributed by atoms with E-state index < -0.39 is 5.82 Å².